The monoisotopic (exact) mass is 426 g/mol. The van der Waals surface area contributed by atoms with Crippen LogP contribution in [-0.4, -0.2) is 29.8 Å². The number of likely N-dealkylation sites (tertiary alicyclic amines) is 1. The smallest absolute Gasteiger partial charge is 0.224 e. The van der Waals surface area contributed by atoms with Crippen LogP contribution in [0.15, 0.2) is 54.6 Å². The zero-order valence-electron chi connectivity index (χ0n) is 17.5. The summed E-state index contributed by atoms with van der Waals surface area (Å²) in [5, 5.41) is 3.57. The molecule has 1 atom stereocenters. The van der Waals surface area contributed by atoms with Crippen molar-refractivity contribution in [2.75, 3.05) is 18.4 Å². The molecule has 0 spiro atoms. The molecule has 0 bridgehead atoms. The molecule has 0 aliphatic carbocycles. The van der Waals surface area contributed by atoms with Crippen LogP contribution in [-0.2, 0) is 16.0 Å². The second-order valence-corrected chi connectivity index (χ2v) is 8.57. The van der Waals surface area contributed by atoms with Crippen LogP contribution in [0.2, 0.25) is 5.02 Å². The summed E-state index contributed by atoms with van der Waals surface area (Å²) in [5.41, 5.74) is 2.10. The van der Waals surface area contributed by atoms with E-state index in [9.17, 15) is 9.59 Å². The predicted molar refractivity (Wildman–Crippen MR) is 123 cm³/mol. The van der Waals surface area contributed by atoms with E-state index in [2.05, 4.69) is 29.6 Å². The number of rotatable bonds is 9. The summed E-state index contributed by atoms with van der Waals surface area (Å²) in [4.78, 5) is 26.8. The van der Waals surface area contributed by atoms with Crippen molar-refractivity contribution in [1.82, 2.24) is 4.90 Å². The summed E-state index contributed by atoms with van der Waals surface area (Å²) >= 11 is 5.87. The lowest BCUT2D eigenvalue weighted by Crippen LogP contribution is -2.40. The minimum Gasteiger partial charge on any atom is -0.342 e. The molecule has 2 aromatic carbocycles. The van der Waals surface area contributed by atoms with Gasteiger partial charge in [0.2, 0.25) is 11.8 Å². The fraction of sp³-hybridized carbons (Fsp3) is 0.440. The van der Waals surface area contributed by atoms with Crippen LogP contribution >= 0.6 is 11.6 Å². The Morgan fingerprint density at radius 3 is 2.53 bits per heavy atom. The quantitative estimate of drug-likeness (QED) is 0.522. The fourth-order valence-electron chi connectivity index (χ4n) is 4.03. The van der Waals surface area contributed by atoms with Gasteiger partial charge in [-0.05, 0) is 74.3 Å². The van der Waals surface area contributed by atoms with Gasteiger partial charge in [0.25, 0.3) is 0 Å². The van der Waals surface area contributed by atoms with E-state index in [1.807, 2.05) is 11.0 Å². The molecule has 4 nitrogen and oxygen atoms in total. The molecule has 0 saturated carbocycles. The van der Waals surface area contributed by atoms with Gasteiger partial charge in [-0.1, -0.05) is 41.9 Å². The maximum absolute atomic E-state index is 12.6. The van der Waals surface area contributed by atoms with Crippen molar-refractivity contribution in [3.8, 4) is 0 Å². The third kappa shape index (κ3) is 7.49. The molecule has 30 heavy (non-hydrogen) atoms. The van der Waals surface area contributed by atoms with Crippen molar-refractivity contribution >= 4 is 29.1 Å². The molecule has 0 aromatic heterocycles. The third-order valence-corrected chi connectivity index (χ3v) is 5.98. The second-order valence-electron chi connectivity index (χ2n) is 8.13. The number of unbranched alkanes of at least 4 members (excludes halogenated alkanes) is 1. The molecule has 1 heterocycles. The summed E-state index contributed by atoms with van der Waals surface area (Å²) in [6, 6.07) is 17.6. The van der Waals surface area contributed by atoms with E-state index in [0.29, 0.717) is 23.8 Å². The molecule has 2 aromatic rings. The number of halogens is 1. The summed E-state index contributed by atoms with van der Waals surface area (Å²) in [6.45, 7) is 1.64. The Morgan fingerprint density at radius 2 is 1.77 bits per heavy atom. The van der Waals surface area contributed by atoms with Crippen LogP contribution in [0.5, 0.6) is 0 Å². The fourth-order valence-corrected chi connectivity index (χ4v) is 4.15. The first-order valence-electron chi connectivity index (χ1n) is 11.0. The molecule has 2 amide bonds. The number of anilines is 1. The van der Waals surface area contributed by atoms with Crippen molar-refractivity contribution in [2.24, 2.45) is 5.92 Å². The molecule has 1 fully saturated rings. The molecule has 5 heteroatoms. The highest BCUT2D eigenvalue weighted by molar-refractivity contribution is 6.30. The minimum atomic E-state index is 0.0154. The number of carbonyl (C=O) groups is 2. The Hall–Kier alpha value is -2.33. The summed E-state index contributed by atoms with van der Waals surface area (Å²) in [7, 11) is 0. The number of hydrogen-bond donors (Lipinski definition) is 1. The Labute approximate surface area is 184 Å². The first kappa shape index (κ1) is 22.4. The zero-order chi connectivity index (χ0) is 21.2. The Morgan fingerprint density at radius 1 is 1.00 bits per heavy atom. The van der Waals surface area contributed by atoms with Crippen LogP contribution < -0.4 is 5.32 Å². The van der Waals surface area contributed by atoms with Gasteiger partial charge >= 0.3 is 0 Å². The van der Waals surface area contributed by atoms with Gasteiger partial charge in [0.05, 0.1) is 0 Å². The van der Waals surface area contributed by atoms with E-state index >= 15 is 0 Å². The number of benzene rings is 2. The van der Waals surface area contributed by atoms with Crippen LogP contribution in [0.25, 0.3) is 0 Å². The molecule has 1 saturated heterocycles. The number of nitrogens with one attached hydrogen (secondary N) is 1. The summed E-state index contributed by atoms with van der Waals surface area (Å²) in [6.07, 6.45) is 7.03. The molecule has 1 aliphatic rings. The van der Waals surface area contributed by atoms with Crippen molar-refractivity contribution in [1.29, 1.82) is 0 Å². The first-order chi connectivity index (χ1) is 14.6. The van der Waals surface area contributed by atoms with Gasteiger partial charge in [0.1, 0.15) is 0 Å². The lowest BCUT2D eigenvalue weighted by atomic mass is 9.93. The van der Waals surface area contributed by atoms with E-state index < -0.39 is 0 Å². The number of piperidine rings is 1. The highest BCUT2D eigenvalue weighted by atomic mass is 35.5. The van der Waals surface area contributed by atoms with Gasteiger partial charge in [0, 0.05) is 36.6 Å². The van der Waals surface area contributed by atoms with Crippen molar-refractivity contribution in [3.05, 3.63) is 65.2 Å². The second kappa shape index (κ2) is 11.8. The number of nitrogens with zero attached hydrogens (tertiary/aromatic N) is 1. The molecule has 0 radical (unpaired) electrons. The van der Waals surface area contributed by atoms with Crippen LogP contribution in [0.1, 0.15) is 50.5 Å². The lowest BCUT2D eigenvalue weighted by Gasteiger charge is -2.33. The van der Waals surface area contributed by atoms with Crippen molar-refractivity contribution in [3.63, 3.8) is 0 Å². The number of aryl methyl sites for hydroxylation is 1. The molecule has 1 aliphatic heterocycles. The normalized spacial score (nSPS) is 16.3. The Kier molecular flexibility index (Phi) is 8.76. The van der Waals surface area contributed by atoms with Gasteiger partial charge in [-0.2, -0.15) is 0 Å². The molecule has 3 rings (SSSR count). The summed E-state index contributed by atoms with van der Waals surface area (Å²) < 4.78 is 0. The number of carbonyl (C=O) groups excluding carboxylic acids is 2. The molecular formula is C25H31ClN2O2. The topological polar surface area (TPSA) is 49.4 Å². The van der Waals surface area contributed by atoms with Gasteiger partial charge in [-0.15, -0.1) is 0 Å². The van der Waals surface area contributed by atoms with Crippen molar-refractivity contribution in [2.45, 2.75) is 51.4 Å². The maximum Gasteiger partial charge on any atom is 0.224 e. The van der Waals surface area contributed by atoms with Gasteiger partial charge in [-0.25, -0.2) is 0 Å². The predicted octanol–water partition coefficient (Wildman–Crippen LogP) is 5.71. The van der Waals surface area contributed by atoms with E-state index in [1.54, 1.807) is 24.3 Å². The third-order valence-electron chi connectivity index (χ3n) is 5.73. The molecule has 1 N–H and O–H groups in total. The molecule has 0 unspecified atom stereocenters. The lowest BCUT2D eigenvalue weighted by molar-refractivity contribution is -0.133. The average Bonchev–Trinajstić information content (AvgIpc) is 2.78. The average molecular weight is 427 g/mol. The van der Waals surface area contributed by atoms with E-state index in [-0.39, 0.29) is 11.8 Å². The van der Waals surface area contributed by atoms with Gasteiger partial charge in [-0.3, -0.25) is 9.59 Å². The molecular weight excluding hydrogens is 396 g/mol. The van der Waals surface area contributed by atoms with E-state index in [1.165, 1.54) is 5.56 Å². The first-order valence-corrected chi connectivity index (χ1v) is 11.3. The zero-order valence-corrected chi connectivity index (χ0v) is 18.2. The maximum atomic E-state index is 12.6. The standard InChI is InChI=1S/C25H31ClN2O2/c26-22-13-15-23(16-14-22)27-24(29)17-12-21-10-6-18-28(19-21)25(30)11-5-4-9-20-7-2-1-3-8-20/h1-3,7-8,13-16,21H,4-6,9-12,17-19H2,(H,27,29)/t21-/m1/s1. The van der Waals surface area contributed by atoms with E-state index in [4.69, 9.17) is 11.6 Å². The largest absolute Gasteiger partial charge is 0.342 e. The highest BCUT2D eigenvalue weighted by Crippen LogP contribution is 2.23. The highest BCUT2D eigenvalue weighted by Gasteiger charge is 2.23. The van der Waals surface area contributed by atoms with Crippen LogP contribution in [0, 0.1) is 5.92 Å². The number of amides is 2. The molecule has 160 valence electrons. The van der Waals surface area contributed by atoms with Crippen LogP contribution in [0.4, 0.5) is 5.69 Å². The van der Waals surface area contributed by atoms with Crippen molar-refractivity contribution < 1.29 is 9.59 Å². The van der Waals surface area contributed by atoms with Crippen LogP contribution in [0.3, 0.4) is 0 Å². The Bertz CT molecular complexity index is 808. The SMILES string of the molecule is O=C(CC[C@H]1CCCN(C(=O)CCCCc2ccccc2)C1)Nc1ccc(Cl)cc1. The summed E-state index contributed by atoms with van der Waals surface area (Å²) in [5.74, 6) is 0.683. The van der Waals surface area contributed by atoms with Gasteiger partial charge in [0.15, 0.2) is 0 Å². The van der Waals surface area contributed by atoms with Gasteiger partial charge < -0.3 is 10.2 Å². The number of hydrogen-bond acceptors (Lipinski definition) is 2. The Balaban J connectivity index is 1.34. The minimum absolute atomic E-state index is 0.0154. The van der Waals surface area contributed by atoms with E-state index in [0.717, 1.165) is 57.3 Å².